The van der Waals surface area contributed by atoms with E-state index in [4.69, 9.17) is 15.2 Å². The van der Waals surface area contributed by atoms with E-state index in [-0.39, 0.29) is 12.1 Å². The van der Waals surface area contributed by atoms with Crippen LogP contribution in [0.25, 0.3) is 0 Å². The Morgan fingerprint density at radius 2 is 1.78 bits per heavy atom. The number of carbonyl (C=O) groups is 2. The summed E-state index contributed by atoms with van der Waals surface area (Å²) in [5, 5.41) is 8.14. The van der Waals surface area contributed by atoms with Crippen molar-refractivity contribution in [3.05, 3.63) is 53.6 Å². The molecule has 144 valence electrons. The van der Waals surface area contributed by atoms with E-state index >= 15 is 0 Å². The zero-order valence-electron chi connectivity index (χ0n) is 15.5. The predicted molar refractivity (Wildman–Crippen MR) is 103 cm³/mol. The Morgan fingerprint density at radius 3 is 2.37 bits per heavy atom. The molecule has 2 aromatic rings. The van der Waals surface area contributed by atoms with E-state index in [1.165, 1.54) is 0 Å². The number of anilines is 1. The molecule has 1 atom stereocenters. The predicted octanol–water partition coefficient (Wildman–Crippen LogP) is 2.75. The van der Waals surface area contributed by atoms with Crippen molar-refractivity contribution in [3.63, 3.8) is 0 Å². The van der Waals surface area contributed by atoms with E-state index in [1.807, 2.05) is 13.0 Å². The molecule has 0 aliphatic rings. The van der Waals surface area contributed by atoms with Crippen molar-refractivity contribution in [2.45, 2.75) is 19.5 Å². The van der Waals surface area contributed by atoms with Crippen molar-refractivity contribution < 1.29 is 19.1 Å². The van der Waals surface area contributed by atoms with Gasteiger partial charge in [0, 0.05) is 17.8 Å². The van der Waals surface area contributed by atoms with Gasteiger partial charge in [0.1, 0.15) is 11.5 Å². The molecular formula is C19H24N4O4. The minimum atomic E-state index is -0.585. The number of nitrogens with one attached hydrogen (secondary N) is 3. The number of carbonyl (C=O) groups excluding carboxylic acids is 2. The third-order valence-electron chi connectivity index (χ3n) is 3.93. The number of rotatable bonds is 7. The van der Waals surface area contributed by atoms with Crippen LogP contribution in [0.15, 0.2) is 42.5 Å². The molecule has 0 saturated heterocycles. The van der Waals surface area contributed by atoms with Gasteiger partial charge in [-0.15, -0.1) is 0 Å². The van der Waals surface area contributed by atoms with Gasteiger partial charge in [-0.25, -0.2) is 9.59 Å². The highest BCUT2D eigenvalue weighted by Crippen LogP contribution is 2.29. The second-order valence-corrected chi connectivity index (χ2v) is 5.84. The van der Waals surface area contributed by atoms with Crippen LogP contribution in [0.4, 0.5) is 15.3 Å². The average Bonchev–Trinajstić information content (AvgIpc) is 2.66. The molecule has 5 N–H and O–H groups in total. The Morgan fingerprint density at radius 1 is 1.07 bits per heavy atom. The number of primary amides is 1. The first-order valence-corrected chi connectivity index (χ1v) is 8.34. The molecule has 4 amide bonds. The van der Waals surface area contributed by atoms with Gasteiger partial charge in [-0.05, 0) is 42.8 Å². The van der Waals surface area contributed by atoms with E-state index in [2.05, 4.69) is 16.0 Å². The van der Waals surface area contributed by atoms with Crippen molar-refractivity contribution in [1.82, 2.24) is 10.6 Å². The van der Waals surface area contributed by atoms with Gasteiger partial charge in [0.2, 0.25) is 0 Å². The number of ether oxygens (including phenoxy) is 2. The quantitative estimate of drug-likeness (QED) is 0.598. The molecule has 0 aliphatic heterocycles. The van der Waals surface area contributed by atoms with Crippen molar-refractivity contribution in [3.8, 4) is 11.5 Å². The largest absolute Gasteiger partial charge is 0.497 e. The van der Waals surface area contributed by atoms with Crippen molar-refractivity contribution >= 4 is 17.7 Å². The Kier molecular flexibility index (Phi) is 6.87. The van der Waals surface area contributed by atoms with Gasteiger partial charge < -0.3 is 31.2 Å². The van der Waals surface area contributed by atoms with E-state index in [1.54, 1.807) is 50.6 Å². The summed E-state index contributed by atoms with van der Waals surface area (Å²) in [7, 11) is 3.16. The van der Waals surface area contributed by atoms with Crippen LogP contribution in [0.5, 0.6) is 11.5 Å². The molecule has 0 unspecified atom stereocenters. The zero-order valence-corrected chi connectivity index (χ0v) is 15.5. The number of hydrogen-bond acceptors (Lipinski definition) is 4. The minimum absolute atomic E-state index is 0.297. The van der Waals surface area contributed by atoms with Crippen molar-refractivity contribution in [1.29, 1.82) is 0 Å². The second-order valence-electron chi connectivity index (χ2n) is 5.84. The van der Waals surface area contributed by atoms with Crippen LogP contribution in [0.2, 0.25) is 0 Å². The molecule has 8 heteroatoms. The van der Waals surface area contributed by atoms with Gasteiger partial charge in [0.25, 0.3) is 0 Å². The molecule has 2 aromatic carbocycles. The summed E-state index contributed by atoms with van der Waals surface area (Å²) in [6, 6.07) is 11.3. The lowest BCUT2D eigenvalue weighted by Gasteiger charge is -2.18. The average molecular weight is 372 g/mol. The fourth-order valence-corrected chi connectivity index (χ4v) is 2.51. The molecule has 0 fully saturated rings. The molecule has 2 rings (SSSR count). The van der Waals surface area contributed by atoms with Crippen molar-refractivity contribution in [2.75, 3.05) is 19.5 Å². The monoisotopic (exact) mass is 372 g/mol. The van der Waals surface area contributed by atoms with Crippen LogP contribution in [0.1, 0.15) is 24.1 Å². The van der Waals surface area contributed by atoms with Crippen LogP contribution in [0, 0.1) is 0 Å². The Bertz CT molecular complexity index is 793. The summed E-state index contributed by atoms with van der Waals surface area (Å²) in [6.45, 7) is 2.18. The van der Waals surface area contributed by atoms with Crippen LogP contribution in [0.3, 0.4) is 0 Å². The van der Waals surface area contributed by atoms with Gasteiger partial charge in [0.15, 0.2) is 0 Å². The Labute approximate surface area is 158 Å². The molecule has 8 nitrogen and oxygen atoms in total. The SMILES string of the molecule is COc1ccc(OC)c([C@@H](C)NC(=O)Nc2ccc(CNC(N)=O)cc2)c1. The van der Waals surface area contributed by atoms with Crippen LogP contribution in [-0.4, -0.2) is 26.3 Å². The maximum atomic E-state index is 12.3. The third kappa shape index (κ3) is 5.81. The molecule has 0 bridgehead atoms. The minimum Gasteiger partial charge on any atom is -0.497 e. The molecule has 0 radical (unpaired) electrons. The Balaban J connectivity index is 1.98. The second kappa shape index (κ2) is 9.33. The lowest BCUT2D eigenvalue weighted by Crippen LogP contribution is -2.31. The standard InChI is InChI=1S/C19H24N4O4/c1-12(16-10-15(26-2)8-9-17(16)27-3)22-19(25)23-14-6-4-13(5-7-14)11-21-18(20)24/h4-10,12H,11H2,1-3H3,(H3,20,21,24)(H2,22,23,25)/t12-/m1/s1. The van der Waals surface area contributed by atoms with E-state index in [9.17, 15) is 9.59 Å². The molecule has 0 spiro atoms. The van der Waals surface area contributed by atoms with Gasteiger partial charge in [0.05, 0.1) is 20.3 Å². The van der Waals surface area contributed by atoms with Crippen LogP contribution < -0.4 is 31.2 Å². The molecule has 0 aliphatic carbocycles. The summed E-state index contributed by atoms with van der Waals surface area (Å²) in [4.78, 5) is 23.0. The first-order chi connectivity index (χ1) is 12.9. The summed E-state index contributed by atoms with van der Waals surface area (Å²) in [6.07, 6.45) is 0. The van der Waals surface area contributed by atoms with E-state index in [0.29, 0.717) is 23.7 Å². The maximum Gasteiger partial charge on any atom is 0.319 e. The summed E-state index contributed by atoms with van der Waals surface area (Å²) in [5.74, 6) is 1.34. The van der Waals surface area contributed by atoms with Gasteiger partial charge in [-0.1, -0.05) is 12.1 Å². The fraction of sp³-hybridized carbons (Fsp3) is 0.263. The lowest BCUT2D eigenvalue weighted by molar-refractivity contribution is 0.248. The number of urea groups is 2. The highest BCUT2D eigenvalue weighted by molar-refractivity contribution is 5.89. The highest BCUT2D eigenvalue weighted by atomic mass is 16.5. The van der Waals surface area contributed by atoms with Crippen molar-refractivity contribution in [2.24, 2.45) is 5.73 Å². The Hall–Kier alpha value is -3.42. The van der Waals surface area contributed by atoms with Gasteiger partial charge in [-0.3, -0.25) is 0 Å². The van der Waals surface area contributed by atoms with E-state index < -0.39 is 6.03 Å². The molecular weight excluding hydrogens is 348 g/mol. The first kappa shape index (κ1) is 19.9. The number of methoxy groups -OCH3 is 2. The lowest BCUT2D eigenvalue weighted by atomic mass is 10.1. The summed E-state index contributed by atoms with van der Waals surface area (Å²) < 4.78 is 10.6. The first-order valence-electron chi connectivity index (χ1n) is 8.34. The molecule has 27 heavy (non-hydrogen) atoms. The number of nitrogens with two attached hydrogens (primary N) is 1. The number of hydrogen-bond donors (Lipinski definition) is 4. The van der Waals surface area contributed by atoms with Gasteiger partial charge in [-0.2, -0.15) is 0 Å². The summed E-state index contributed by atoms with van der Waals surface area (Å²) in [5.41, 5.74) is 7.34. The molecule has 0 saturated carbocycles. The zero-order chi connectivity index (χ0) is 19.8. The topological polar surface area (TPSA) is 115 Å². The maximum absolute atomic E-state index is 12.3. The smallest absolute Gasteiger partial charge is 0.319 e. The van der Waals surface area contributed by atoms with E-state index in [0.717, 1.165) is 11.1 Å². The van der Waals surface area contributed by atoms with Crippen LogP contribution in [-0.2, 0) is 6.54 Å². The molecule has 0 heterocycles. The fourth-order valence-electron chi connectivity index (χ4n) is 2.51. The van der Waals surface area contributed by atoms with Gasteiger partial charge >= 0.3 is 12.1 Å². The normalized spacial score (nSPS) is 11.2. The highest BCUT2D eigenvalue weighted by Gasteiger charge is 2.15. The summed E-state index contributed by atoms with van der Waals surface area (Å²) >= 11 is 0. The third-order valence-corrected chi connectivity index (χ3v) is 3.93. The van der Waals surface area contributed by atoms with Crippen LogP contribution >= 0.6 is 0 Å². The number of benzene rings is 2. The number of amides is 4. The molecule has 0 aromatic heterocycles.